The Morgan fingerprint density at radius 2 is 1.73 bits per heavy atom. The maximum absolute atomic E-state index is 12.2. The molecule has 3 rings (SSSR count). The molecule has 0 aliphatic carbocycles. The molecule has 1 amide bonds. The Labute approximate surface area is 151 Å². The molecule has 1 aliphatic rings. The monoisotopic (exact) mass is 356 g/mol. The third kappa shape index (κ3) is 3.46. The molecule has 1 atom stereocenters. The van der Waals surface area contributed by atoms with Gasteiger partial charge < -0.3 is 14.8 Å². The number of ether oxygens (including phenoxy) is 2. The average molecular weight is 356 g/mol. The summed E-state index contributed by atoms with van der Waals surface area (Å²) in [5.74, 6) is 0.899. The topological polar surface area (TPSA) is 90.7 Å². The minimum atomic E-state index is -0.438. The van der Waals surface area contributed by atoms with E-state index >= 15 is 0 Å². The molecule has 26 heavy (non-hydrogen) atoms. The summed E-state index contributed by atoms with van der Waals surface area (Å²) in [5, 5.41) is 13.7. The quantitative estimate of drug-likeness (QED) is 0.627. The van der Waals surface area contributed by atoms with Crippen LogP contribution in [0.15, 0.2) is 36.4 Å². The number of hydrogen-bond acceptors (Lipinski definition) is 5. The zero-order chi connectivity index (χ0) is 18.7. The van der Waals surface area contributed by atoms with E-state index in [0.717, 1.165) is 11.1 Å². The van der Waals surface area contributed by atoms with E-state index in [1.807, 2.05) is 19.9 Å². The van der Waals surface area contributed by atoms with Crippen LogP contribution in [0.4, 0.5) is 11.4 Å². The van der Waals surface area contributed by atoms with E-state index in [9.17, 15) is 14.9 Å². The van der Waals surface area contributed by atoms with Crippen LogP contribution in [-0.2, 0) is 4.79 Å². The molecule has 0 aromatic heterocycles. The third-order valence-electron chi connectivity index (χ3n) is 4.26. The number of nitro groups is 1. The lowest BCUT2D eigenvalue weighted by molar-refractivity contribution is -0.384. The van der Waals surface area contributed by atoms with Crippen LogP contribution in [0.2, 0.25) is 0 Å². The van der Waals surface area contributed by atoms with Crippen LogP contribution in [0.5, 0.6) is 11.5 Å². The van der Waals surface area contributed by atoms with Gasteiger partial charge in [0.1, 0.15) is 0 Å². The largest absolute Gasteiger partial charge is 0.490 e. The Morgan fingerprint density at radius 3 is 2.31 bits per heavy atom. The number of nitrogens with one attached hydrogen (secondary N) is 1. The van der Waals surface area contributed by atoms with Crippen LogP contribution in [0.25, 0.3) is 0 Å². The van der Waals surface area contributed by atoms with E-state index < -0.39 is 4.92 Å². The summed E-state index contributed by atoms with van der Waals surface area (Å²) < 4.78 is 11.3. The predicted octanol–water partition coefficient (Wildman–Crippen LogP) is 3.87. The Morgan fingerprint density at radius 1 is 1.12 bits per heavy atom. The molecule has 0 bridgehead atoms. The molecule has 0 saturated heterocycles. The maximum Gasteiger partial charge on any atom is 0.269 e. The van der Waals surface area contributed by atoms with Gasteiger partial charge in [-0.1, -0.05) is 12.1 Å². The Balaban J connectivity index is 2.05. The van der Waals surface area contributed by atoms with Gasteiger partial charge in [0.15, 0.2) is 11.5 Å². The van der Waals surface area contributed by atoms with Gasteiger partial charge in [0.05, 0.1) is 18.1 Å². The van der Waals surface area contributed by atoms with Crippen molar-refractivity contribution in [3.05, 3.63) is 57.6 Å². The Kier molecular flexibility index (Phi) is 5.06. The van der Waals surface area contributed by atoms with Gasteiger partial charge in [-0.15, -0.1) is 0 Å². The van der Waals surface area contributed by atoms with Crippen molar-refractivity contribution in [2.24, 2.45) is 0 Å². The van der Waals surface area contributed by atoms with Crippen molar-refractivity contribution < 1.29 is 19.2 Å². The van der Waals surface area contributed by atoms with Gasteiger partial charge in [-0.2, -0.15) is 0 Å². The van der Waals surface area contributed by atoms with Crippen LogP contribution in [0.1, 0.15) is 37.3 Å². The molecule has 0 spiro atoms. The number of benzene rings is 2. The fourth-order valence-electron chi connectivity index (χ4n) is 3.13. The molecule has 1 N–H and O–H groups in total. The number of rotatable bonds is 6. The molecule has 2 aromatic rings. The average Bonchev–Trinajstić information content (AvgIpc) is 2.62. The van der Waals surface area contributed by atoms with E-state index in [2.05, 4.69) is 5.32 Å². The summed E-state index contributed by atoms with van der Waals surface area (Å²) in [6.45, 7) is 4.75. The third-order valence-corrected chi connectivity index (χ3v) is 4.26. The van der Waals surface area contributed by atoms with Crippen molar-refractivity contribution in [1.82, 2.24) is 0 Å². The van der Waals surface area contributed by atoms with Crippen LogP contribution in [0, 0.1) is 10.1 Å². The van der Waals surface area contributed by atoms with Gasteiger partial charge >= 0.3 is 0 Å². The molecule has 1 unspecified atom stereocenters. The number of nitrogens with zero attached hydrogens (tertiary/aromatic N) is 1. The lowest BCUT2D eigenvalue weighted by Gasteiger charge is -2.27. The maximum atomic E-state index is 12.2. The standard InChI is InChI=1S/C19H20N2O5/c1-3-25-17-9-15-14(12-5-7-13(8-6-12)21(23)24)10-19(22)20-16(15)11-18(17)26-4-2/h5-9,11,14H,3-4,10H2,1-2H3,(H,20,22). The van der Waals surface area contributed by atoms with Crippen LogP contribution in [0.3, 0.4) is 0 Å². The van der Waals surface area contributed by atoms with E-state index in [0.29, 0.717) is 30.4 Å². The Bertz CT molecular complexity index is 833. The molecule has 7 heteroatoms. The summed E-state index contributed by atoms with van der Waals surface area (Å²) in [7, 11) is 0. The van der Waals surface area contributed by atoms with Gasteiger partial charge in [-0.25, -0.2) is 0 Å². The lowest BCUT2D eigenvalue weighted by Crippen LogP contribution is -2.23. The van der Waals surface area contributed by atoms with Crippen molar-refractivity contribution in [2.45, 2.75) is 26.2 Å². The second-order valence-electron chi connectivity index (χ2n) is 5.91. The summed E-state index contributed by atoms with van der Waals surface area (Å²) in [6, 6.07) is 9.97. The zero-order valence-electron chi connectivity index (χ0n) is 14.7. The molecule has 1 heterocycles. The van der Waals surface area contributed by atoms with E-state index in [1.54, 1.807) is 18.2 Å². The second-order valence-corrected chi connectivity index (χ2v) is 5.91. The summed E-state index contributed by atoms with van der Waals surface area (Å²) >= 11 is 0. The first-order valence-electron chi connectivity index (χ1n) is 8.51. The first-order chi connectivity index (χ1) is 12.5. The highest BCUT2D eigenvalue weighted by Gasteiger charge is 2.29. The molecule has 0 fully saturated rings. The Hall–Kier alpha value is -3.09. The number of hydrogen-bond donors (Lipinski definition) is 1. The first kappa shape index (κ1) is 17.7. The van der Waals surface area contributed by atoms with Crippen molar-refractivity contribution in [2.75, 3.05) is 18.5 Å². The number of non-ortho nitro benzene ring substituents is 1. The van der Waals surface area contributed by atoms with Gasteiger partial charge in [-0.05, 0) is 31.0 Å². The highest BCUT2D eigenvalue weighted by atomic mass is 16.6. The molecule has 2 aromatic carbocycles. The van der Waals surface area contributed by atoms with Crippen LogP contribution in [-0.4, -0.2) is 24.0 Å². The highest BCUT2D eigenvalue weighted by Crippen LogP contribution is 2.43. The van der Waals surface area contributed by atoms with Gasteiger partial charge in [0.2, 0.25) is 5.91 Å². The molecule has 0 saturated carbocycles. The second kappa shape index (κ2) is 7.43. The molecule has 1 aliphatic heterocycles. The van der Waals surface area contributed by atoms with Crippen molar-refractivity contribution in [1.29, 1.82) is 0 Å². The van der Waals surface area contributed by atoms with Crippen LogP contribution >= 0.6 is 0 Å². The SMILES string of the molecule is CCOc1cc2c(cc1OCC)C(c1ccc([N+](=O)[O-])cc1)CC(=O)N2. The van der Waals surface area contributed by atoms with E-state index in [1.165, 1.54) is 12.1 Å². The normalized spacial score (nSPS) is 15.8. The minimum Gasteiger partial charge on any atom is -0.490 e. The molecule has 136 valence electrons. The number of amides is 1. The summed E-state index contributed by atoms with van der Waals surface area (Å²) in [6.07, 6.45) is 0.268. The van der Waals surface area contributed by atoms with E-state index in [-0.39, 0.29) is 23.9 Å². The molecular weight excluding hydrogens is 336 g/mol. The van der Waals surface area contributed by atoms with Gasteiger partial charge in [0.25, 0.3) is 5.69 Å². The number of fused-ring (bicyclic) bond motifs is 1. The van der Waals surface area contributed by atoms with Gasteiger partial charge in [0, 0.05) is 36.2 Å². The first-order valence-corrected chi connectivity index (χ1v) is 8.51. The molecule has 0 radical (unpaired) electrons. The molecule has 7 nitrogen and oxygen atoms in total. The van der Waals surface area contributed by atoms with Crippen molar-refractivity contribution in [3.8, 4) is 11.5 Å². The zero-order valence-corrected chi connectivity index (χ0v) is 14.7. The van der Waals surface area contributed by atoms with Crippen molar-refractivity contribution >= 4 is 17.3 Å². The number of carbonyl (C=O) groups excluding carboxylic acids is 1. The number of anilines is 1. The fraction of sp³-hybridized carbons (Fsp3) is 0.316. The fourth-order valence-corrected chi connectivity index (χ4v) is 3.13. The number of carbonyl (C=O) groups is 1. The molecular formula is C19H20N2O5. The minimum absolute atomic E-state index is 0.0240. The van der Waals surface area contributed by atoms with E-state index in [4.69, 9.17) is 9.47 Å². The smallest absolute Gasteiger partial charge is 0.269 e. The van der Waals surface area contributed by atoms with Crippen LogP contribution < -0.4 is 14.8 Å². The van der Waals surface area contributed by atoms with Gasteiger partial charge in [-0.3, -0.25) is 14.9 Å². The lowest BCUT2D eigenvalue weighted by atomic mass is 9.84. The summed E-state index contributed by atoms with van der Waals surface area (Å²) in [5.41, 5.74) is 2.45. The number of nitro benzene ring substituents is 1. The highest BCUT2D eigenvalue weighted by molar-refractivity contribution is 5.96. The van der Waals surface area contributed by atoms with Crippen molar-refractivity contribution in [3.63, 3.8) is 0 Å². The summed E-state index contributed by atoms with van der Waals surface area (Å²) in [4.78, 5) is 22.6. The predicted molar refractivity (Wildman–Crippen MR) is 97.0 cm³/mol.